The van der Waals surface area contributed by atoms with E-state index in [0.29, 0.717) is 29.8 Å². The highest BCUT2D eigenvalue weighted by Crippen LogP contribution is 2.40. The molecule has 0 bridgehead atoms. The van der Waals surface area contributed by atoms with Crippen molar-refractivity contribution in [1.82, 2.24) is 15.5 Å². The van der Waals surface area contributed by atoms with Crippen molar-refractivity contribution < 1.29 is 4.42 Å². The number of hydrogen-bond donors (Lipinski definition) is 2. The van der Waals surface area contributed by atoms with Gasteiger partial charge in [0.05, 0.1) is 6.54 Å². The normalized spacial score (nSPS) is 17.8. The molecule has 1 aromatic rings. The highest BCUT2D eigenvalue weighted by atomic mass is 16.4. The van der Waals surface area contributed by atoms with Gasteiger partial charge in [0.15, 0.2) is 0 Å². The van der Waals surface area contributed by atoms with Crippen LogP contribution in [-0.4, -0.2) is 23.3 Å². The third kappa shape index (κ3) is 4.20. The Labute approximate surface area is 121 Å². The van der Waals surface area contributed by atoms with Crippen molar-refractivity contribution in [3.8, 4) is 0 Å². The first-order valence-electron chi connectivity index (χ1n) is 7.90. The molecule has 2 rings (SSSR count). The predicted octanol–water partition coefficient (Wildman–Crippen LogP) is 3.20. The van der Waals surface area contributed by atoms with Crippen LogP contribution in [0, 0.1) is 11.3 Å². The first kappa shape index (κ1) is 15.3. The zero-order valence-electron chi connectivity index (χ0n) is 13.0. The molecule has 0 aliphatic heterocycles. The van der Waals surface area contributed by atoms with Gasteiger partial charge in [-0.05, 0) is 37.1 Å². The fourth-order valence-corrected chi connectivity index (χ4v) is 2.91. The minimum atomic E-state index is 0.435. The van der Waals surface area contributed by atoms with Crippen LogP contribution >= 0.6 is 0 Å². The average molecular weight is 280 g/mol. The molecule has 1 fully saturated rings. The van der Waals surface area contributed by atoms with Gasteiger partial charge in [-0.25, -0.2) is 0 Å². The lowest BCUT2D eigenvalue weighted by atomic mass is 9.83. The Kier molecular flexibility index (Phi) is 5.40. The van der Waals surface area contributed by atoms with E-state index in [-0.39, 0.29) is 0 Å². The fraction of sp³-hybridized carbons (Fsp3) is 0.867. The van der Waals surface area contributed by atoms with Crippen molar-refractivity contribution in [2.45, 2.75) is 59.4 Å². The molecule has 0 unspecified atom stereocenters. The highest BCUT2D eigenvalue weighted by Gasteiger charge is 2.32. The van der Waals surface area contributed by atoms with E-state index in [1.54, 1.807) is 0 Å². The second-order valence-corrected chi connectivity index (χ2v) is 6.44. The molecular formula is C15H28N4O. The third-order valence-electron chi connectivity index (χ3n) is 4.32. The molecule has 2 N–H and O–H groups in total. The Morgan fingerprint density at radius 3 is 2.65 bits per heavy atom. The number of aromatic nitrogens is 2. The second-order valence-electron chi connectivity index (χ2n) is 6.44. The van der Waals surface area contributed by atoms with Crippen molar-refractivity contribution in [3.05, 3.63) is 5.89 Å². The first-order valence-corrected chi connectivity index (χ1v) is 7.90. The van der Waals surface area contributed by atoms with E-state index in [2.05, 4.69) is 41.6 Å². The topological polar surface area (TPSA) is 63.0 Å². The SMILES string of the molecule is CCC1(CNc2nnc(CNCC(C)C)o2)CCCC1. The Bertz CT molecular complexity index is 396. The molecule has 1 aliphatic carbocycles. The Morgan fingerprint density at radius 1 is 1.25 bits per heavy atom. The molecule has 0 saturated heterocycles. The van der Waals surface area contributed by atoms with Gasteiger partial charge in [-0.15, -0.1) is 5.10 Å². The number of anilines is 1. The maximum absolute atomic E-state index is 5.62. The van der Waals surface area contributed by atoms with E-state index < -0.39 is 0 Å². The molecule has 0 atom stereocenters. The summed E-state index contributed by atoms with van der Waals surface area (Å²) in [7, 11) is 0. The van der Waals surface area contributed by atoms with Crippen molar-refractivity contribution in [2.75, 3.05) is 18.4 Å². The van der Waals surface area contributed by atoms with Crippen LogP contribution in [0.15, 0.2) is 4.42 Å². The van der Waals surface area contributed by atoms with Gasteiger partial charge in [0, 0.05) is 6.54 Å². The van der Waals surface area contributed by atoms with Crippen molar-refractivity contribution in [2.24, 2.45) is 11.3 Å². The molecule has 5 heteroatoms. The van der Waals surface area contributed by atoms with E-state index >= 15 is 0 Å². The van der Waals surface area contributed by atoms with Gasteiger partial charge in [-0.1, -0.05) is 38.7 Å². The molecular weight excluding hydrogens is 252 g/mol. The van der Waals surface area contributed by atoms with Gasteiger partial charge >= 0.3 is 6.01 Å². The van der Waals surface area contributed by atoms with E-state index in [1.165, 1.54) is 32.1 Å². The number of nitrogens with zero attached hydrogens (tertiary/aromatic N) is 2. The molecule has 1 heterocycles. The van der Waals surface area contributed by atoms with Gasteiger partial charge in [0.2, 0.25) is 5.89 Å². The fourth-order valence-electron chi connectivity index (χ4n) is 2.91. The third-order valence-corrected chi connectivity index (χ3v) is 4.32. The van der Waals surface area contributed by atoms with Gasteiger partial charge in [-0.2, -0.15) is 0 Å². The second kappa shape index (κ2) is 7.07. The summed E-state index contributed by atoms with van der Waals surface area (Å²) >= 11 is 0. The minimum absolute atomic E-state index is 0.435. The van der Waals surface area contributed by atoms with Crippen LogP contribution < -0.4 is 10.6 Å². The summed E-state index contributed by atoms with van der Waals surface area (Å²) in [5, 5.41) is 14.8. The molecule has 1 aliphatic rings. The zero-order valence-corrected chi connectivity index (χ0v) is 13.0. The van der Waals surface area contributed by atoms with E-state index in [9.17, 15) is 0 Å². The van der Waals surface area contributed by atoms with Crippen molar-refractivity contribution in [3.63, 3.8) is 0 Å². The Balaban J connectivity index is 1.77. The van der Waals surface area contributed by atoms with Gasteiger partial charge < -0.3 is 15.1 Å². The summed E-state index contributed by atoms with van der Waals surface area (Å²) in [6.45, 7) is 9.20. The molecule has 0 aromatic carbocycles. The molecule has 1 aromatic heterocycles. The van der Waals surface area contributed by atoms with Crippen LogP contribution in [0.1, 0.15) is 58.8 Å². The number of hydrogen-bond acceptors (Lipinski definition) is 5. The highest BCUT2D eigenvalue weighted by molar-refractivity contribution is 5.18. The lowest BCUT2D eigenvalue weighted by Crippen LogP contribution is -2.26. The summed E-state index contributed by atoms with van der Waals surface area (Å²) in [6.07, 6.45) is 6.55. The summed E-state index contributed by atoms with van der Waals surface area (Å²) < 4.78 is 5.62. The van der Waals surface area contributed by atoms with Crippen LogP contribution in [0.4, 0.5) is 6.01 Å². The van der Waals surface area contributed by atoms with Crippen molar-refractivity contribution >= 4 is 6.01 Å². The monoisotopic (exact) mass is 280 g/mol. The Morgan fingerprint density at radius 2 is 2.00 bits per heavy atom. The number of rotatable bonds is 8. The summed E-state index contributed by atoms with van der Waals surface area (Å²) in [5.74, 6) is 1.28. The summed E-state index contributed by atoms with van der Waals surface area (Å²) in [6, 6.07) is 0.561. The molecule has 0 amide bonds. The van der Waals surface area contributed by atoms with E-state index in [0.717, 1.165) is 13.1 Å². The van der Waals surface area contributed by atoms with Gasteiger partial charge in [-0.3, -0.25) is 0 Å². The molecule has 20 heavy (non-hydrogen) atoms. The van der Waals surface area contributed by atoms with Crippen LogP contribution in [0.25, 0.3) is 0 Å². The summed E-state index contributed by atoms with van der Waals surface area (Å²) in [5.41, 5.74) is 0.435. The molecule has 0 radical (unpaired) electrons. The zero-order chi connectivity index (χ0) is 14.4. The van der Waals surface area contributed by atoms with Crippen LogP contribution in [-0.2, 0) is 6.54 Å². The molecule has 5 nitrogen and oxygen atoms in total. The van der Waals surface area contributed by atoms with Crippen molar-refractivity contribution in [1.29, 1.82) is 0 Å². The predicted molar refractivity (Wildman–Crippen MR) is 80.5 cm³/mol. The van der Waals surface area contributed by atoms with Crippen LogP contribution in [0.5, 0.6) is 0 Å². The average Bonchev–Trinajstić information content (AvgIpc) is 3.05. The maximum atomic E-state index is 5.62. The maximum Gasteiger partial charge on any atom is 0.315 e. The van der Waals surface area contributed by atoms with Gasteiger partial charge in [0.1, 0.15) is 0 Å². The van der Waals surface area contributed by atoms with Crippen LogP contribution in [0.2, 0.25) is 0 Å². The largest absolute Gasteiger partial charge is 0.407 e. The van der Waals surface area contributed by atoms with E-state index in [4.69, 9.17) is 4.42 Å². The molecule has 1 saturated carbocycles. The minimum Gasteiger partial charge on any atom is -0.407 e. The van der Waals surface area contributed by atoms with Gasteiger partial charge in [0.25, 0.3) is 0 Å². The number of nitrogens with one attached hydrogen (secondary N) is 2. The quantitative estimate of drug-likeness (QED) is 0.765. The van der Waals surface area contributed by atoms with E-state index in [1.807, 2.05) is 0 Å². The lowest BCUT2D eigenvalue weighted by Gasteiger charge is -2.26. The van der Waals surface area contributed by atoms with Crippen LogP contribution in [0.3, 0.4) is 0 Å². The lowest BCUT2D eigenvalue weighted by molar-refractivity contribution is 0.303. The first-order chi connectivity index (χ1) is 9.63. The standard InChI is InChI=1S/C15H28N4O/c1-4-15(7-5-6-8-15)11-17-14-19-18-13(20-14)10-16-9-12(2)3/h12,16H,4-11H2,1-3H3,(H,17,19). The molecule has 114 valence electrons. The Hall–Kier alpha value is -1.10. The molecule has 0 spiro atoms. The smallest absolute Gasteiger partial charge is 0.315 e. The summed E-state index contributed by atoms with van der Waals surface area (Å²) in [4.78, 5) is 0.